The first-order chi connectivity index (χ1) is 7.81. The SMILES string of the molecule is Nc1cc2cccnc2cc1OCCCO. The Morgan fingerprint density at radius 1 is 1.38 bits per heavy atom. The Morgan fingerprint density at radius 2 is 2.25 bits per heavy atom. The van der Waals surface area contributed by atoms with Crippen LogP contribution in [-0.2, 0) is 0 Å². The third-order valence-corrected chi connectivity index (χ3v) is 2.29. The molecule has 0 saturated carbocycles. The highest BCUT2D eigenvalue weighted by atomic mass is 16.5. The van der Waals surface area contributed by atoms with Crippen LogP contribution in [0.2, 0.25) is 0 Å². The summed E-state index contributed by atoms with van der Waals surface area (Å²) in [7, 11) is 0. The minimum Gasteiger partial charge on any atom is -0.491 e. The van der Waals surface area contributed by atoms with Crippen LogP contribution in [0.4, 0.5) is 5.69 Å². The number of ether oxygens (including phenoxy) is 1. The molecule has 0 spiro atoms. The van der Waals surface area contributed by atoms with E-state index in [4.69, 9.17) is 15.6 Å². The molecule has 2 rings (SSSR count). The number of anilines is 1. The van der Waals surface area contributed by atoms with E-state index in [1.165, 1.54) is 0 Å². The van der Waals surface area contributed by atoms with E-state index in [-0.39, 0.29) is 6.61 Å². The van der Waals surface area contributed by atoms with E-state index in [0.717, 1.165) is 10.9 Å². The van der Waals surface area contributed by atoms with Gasteiger partial charge < -0.3 is 15.6 Å². The lowest BCUT2D eigenvalue weighted by Gasteiger charge is -2.09. The number of nitrogens with zero attached hydrogens (tertiary/aromatic N) is 1. The molecule has 0 aliphatic carbocycles. The number of aliphatic hydroxyl groups is 1. The first kappa shape index (κ1) is 10.7. The number of pyridine rings is 1. The lowest BCUT2D eigenvalue weighted by Crippen LogP contribution is -2.02. The van der Waals surface area contributed by atoms with Gasteiger partial charge >= 0.3 is 0 Å². The Morgan fingerprint density at radius 3 is 3.06 bits per heavy atom. The van der Waals surface area contributed by atoms with Crippen LogP contribution in [0.15, 0.2) is 30.5 Å². The first-order valence-electron chi connectivity index (χ1n) is 5.19. The fraction of sp³-hybridized carbons (Fsp3) is 0.250. The zero-order valence-corrected chi connectivity index (χ0v) is 8.89. The van der Waals surface area contributed by atoms with Crippen molar-refractivity contribution in [2.24, 2.45) is 0 Å². The first-order valence-corrected chi connectivity index (χ1v) is 5.19. The average Bonchev–Trinajstić information content (AvgIpc) is 2.30. The Hall–Kier alpha value is -1.81. The molecule has 0 unspecified atom stereocenters. The maximum Gasteiger partial charge on any atom is 0.144 e. The highest BCUT2D eigenvalue weighted by Gasteiger charge is 2.03. The van der Waals surface area contributed by atoms with E-state index >= 15 is 0 Å². The molecule has 0 aliphatic rings. The van der Waals surface area contributed by atoms with Crippen LogP contribution < -0.4 is 10.5 Å². The second-order valence-electron chi connectivity index (χ2n) is 3.51. The van der Waals surface area contributed by atoms with Crippen LogP contribution in [0, 0.1) is 0 Å². The second kappa shape index (κ2) is 4.81. The molecule has 3 N–H and O–H groups in total. The molecule has 0 bridgehead atoms. The summed E-state index contributed by atoms with van der Waals surface area (Å²) >= 11 is 0. The van der Waals surface area contributed by atoms with Crippen LogP contribution in [0.5, 0.6) is 5.75 Å². The number of rotatable bonds is 4. The molecule has 0 fully saturated rings. The largest absolute Gasteiger partial charge is 0.491 e. The van der Waals surface area contributed by atoms with E-state index in [1.54, 1.807) is 6.20 Å². The number of nitrogen functional groups attached to an aromatic ring is 1. The zero-order valence-electron chi connectivity index (χ0n) is 8.89. The molecule has 0 aliphatic heterocycles. The van der Waals surface area contributed by atoms with Crippen molar-refractivity contribution in [3.05, 3.63) is 30.5 Å². The molecule has 4 nitrogen and oxygen atoms in total. The fourth-order valence-electron chi connectivity index (χ4n) is 1.49. The van der Waals surface area contributed by atoms with E-state index in [9.17, 15) is 0 Å². The van der Waals surface area contributed by atoms with Gasteiger partial charge in [-0.3, -0.25) is 4.98 Å². The van der Waals surface area contributed by atoms with Crippen molar-refractivity contribution in [1.29, 1.82) is 0 Å². The quantitative estimate of drug-likeness (QED) is 0.604. The molecule has 0 radical (unpaired) electrons. The molecule has 2 aromatic rings. The molecule has 16 heavy (non-hydrogen) atoms. The summed E-state index contributed by atoms with van der Waals surface area (Å²) in [6.45, 7) is 0.574. The normalized spacial score (nSPS) is 10.6. The summed E-state index contributed by atoms with van der Waals surface area (Å²) in [6.07, 6.45) is 2.33. The van der Waals surface area contributed by atoms with Crippen molar-refractivity contribution >= 4 is 16.6 Å². The van der Waals surface area contributed by atoms with Crippen molar-refractivity contribution in [3.8, 4) is 5.75 Å². The topological polar surface area (TPSA) is 68.4 Å². The molecular formula is C12H14N2O2. The van der Waals surface area contributed by atoms with Crippen LogP contribution in [0.3, 0.4) is 0 Å². The van der Waals surface area contributed by atoms with Gasteiger partial charge in [0.05, 0.1) is 17.8 Å². The van der Waals surface area contributed by atoms with Crippen molar-refractivity contribution in [2.45, 2.75) is 6.42 Å². The molecule has 0 amide bonds. The lowest BCUT2D eigenvalue weighted by atomic mass is 10.2. The Balaban J connectivity index is 2.27. The Kier molecular flexibility index (Phi) is 3.22. The third-order valence-electron chi connectivity index (χ3n) is 2.29. The van der Waals surface area contributed by atoms with Gasteiger partial charge in [-0.2, -0.15) is 0 Å². The molecule has 0 atom stereocenters. The lowest BCUT2D eigenvalue weighted by molar-refractivity contribution is 0.234. The Labute approximate surface area is 93.7 Å². The molecular weight excluding hydrogens is 204 g/mol. The molecule has 1 aromatic heterocycles. The molecule has 0 saturated heterocycles. The van der Waals surface area contributed by atoms with Gasteiger partial charge in [0.2, 0.25) is 0 Å². The fourth-order valence-corrected chi connectivity index (χ4v) is 1.49. The zero-order chi connectivity index (χ0) is 11.4. The van der Waals surface area contributed by atoms with Crippen LogP contribution in [-0.4, -0.2) is 23.3 Å². The van der Waals surface area contributed by atoms with Crippen molar-refractivity contribution in [2.75, 3.05) is 18.9 Å². The molecule has 1 aromatic carbocycles. The summed E-state index contributed by atoms with van der Waals surface area (Å²) < 4.78 is 5.46. The van der Waals surface area contributed by atoms with Crippen LogP contribution >= 0.6 is 0 Å². The van der Waals surface area contributed by atoms with E-state index in [1.807, 2.05) is 24.3 Å². The molecule has 1 heterocycles. The monoisotopic (exact) mass is 218 g/mol. The average molecular weight is 218 g/mol. The summed E-state index contributed by atoms with van der Waals surface area (Å²) in [5.41, 5.74) is 7.31. The van der Waals surface area contributed by atoms with Gasteiger partial charge in [0, 0.05) is 30.7 Å². The van der Waals surface area contributed by atoms with Gasteiger partial charge in [0.1, 0.15) is 5.75 Å². The molecule has 84 valence electrons. The minimum atomic E-state index is 0.117. The van der Waals surface area contributed by atoms with Crippen molar-refractivity contribution in [3.63, 3.8) is 0 Å². The van der Waals surface area contributed by atoms with Crippen LogP contribution in [0.25, 0.3) is 10.9 Å². The summed E-state index contributed by atoms with van der Waals surface area (Å²) in [5, 5.41) is 9.66. The molecule has 4 heteroatoms. The van der Waals surface area contributed by atoms with Crippen LogP contribution in [0.1, 0.15) is 6.42 Å². The van der Waals surface area contributed by atoms with Gasteiger partial charge in [-0.1, -0.05) is 6.07 Å². The summed E-state index contributed by atoms with van der Waals surface area (Å²) in [4.78, 5) is 4.23. The highest BCUT2D eigenvalue weighted by molar-refractivity contribution is 5.84. The van der Waals surface area contributed by atoms with Gasteiger partial charge in [-0.05, 0) is 12.1 Å². The van der Waals surface area contributed by atoms with Gasteiger partial charge in [0.25, 0.3) is 0 Å². The number of nitrogens with two attached hydrogens (primary N) is 1. The smallest absolute Gasteiger partial charge is 0.144 e. The number of hydrogen-bond acceptors (Lipinski definition) is 4. The maximum absolute atomic E-state index is 8.66. The number of hydrogen-bond donors (Lipinski definition) is 2. The predicted molar refractivity (Wildman–Crippen MR) is 63.4 cm³/mol. The number of fused-ring (bicyclic) bond motifs is 1. The van der Waals surface area contributed by atoms with Gasteiger partial charge in [0.15, 0.2) is 0 Å². The van der Waals surface area contributed by atoms with E-state index in [0.29, 0.717) is 24.5 Å². The number of benzene rings is 1. The Bertz CT molecular complexity index is 485. The van der Waals surface area contributed by atoms with Gasteiger partial charge in [-0.25, -0.2) is 0 Å². The standard InChI is InChI=1S/C12H14N2O2/c13-10-7-9-3-1-4-14-11(9)8-12(10)16-6-2-5-15/h1,3-4,7-8,15H,2,5-6,13H2. The summed E-state index contributed by atoms with van der Waals surface area (Å²) in [6, 6.07) is 7.49. The maximum atomic E-state index is 8.66. The van der Waals surface area contributed by atoms with Crippen molar-refractivity contribution < 1.29 is 9.84 Å². The van der Waals surface area contributed by atoms with Crippen molar-refractivity contribution in [1.82, 2.24) is 4.98 Å². The summed E-state index contributed by atoms with van der Waals surface area (Å²) in [5.74, 6) is 0.625. The van der Waals surface area contributed by atoms with Gasteiger partial charge in [-0.15, -0.1) is 0 Å². The minimum absolute atomic E-state index is 0.117. The van der Waals surface area contributed by atoms with E-state index < -0.39 is 0 Å². The number of aliphatic hydroxyl groups excluding tert-OH is 1. The second-order valence-corrected chi connectivity index (χ2v) is 3.51. The highest BCUT2D eigenvalue weighted by Crippen LogP contribution is 2.26. The predicted octanol–water partition coefficient (Wildman–Crippen LogP) is 1.58. The van der Waals surface area contributed by atoms with E-state index in [2.05, 4.69) is 4.98 Å². The third kappa shape index (κ3) is 2.23. The number of aromatic nitrogens is 1.